The summed E-state index contributed by atoms with van der Waals surface area (Å²) in [7, 11) is -3.25. The van der Waals surface area contributed by atoms with E-state index in [0.717, 1.165) is 29.7 Å². The van der Waals surface area contributed by atoms with Crippen molar-refractivity contribution in [2.75, 3.05) is 5.32 Å². The van der Waals surface area contributed by atoms with Crippen LogP contribution in [-0.4, -0.2) is 28.4 Å². The molecular formula is C25H33F2N3O4S. The summed E-state index contributed by atoms with van der Waals surface area (Å²) in [4.78, 5) is 0.384. The van der Waals surface area contributed by atoms with Gasteiger partial charge < -0.3 is 19.9 Å². The summed E-state index contributed by atoms with van der Waals surface area (Å²) in [6.45, 7) is 6.18. The number of aliphatic hydroxyl groups is 1. The van der Waals surface area contributed by atoms with Gasteiger partial charge in [-0.05, 0) is 85.9 Å². The van der Waals surface area contributed by atoms with Gasteiger partial charge in [-0.2, -0.15) is 13.1 Å². The monoisotopic (exact) mass is 509 g/mol. The lowest BCUT2D eigenvalue weighted by Crippen LogP contribution is -2.19. The smallest absolute Gasteiger partial charge is 0.387 e. The quantitative estimate of drug-likeness (QED) is 0.397. The highest BCUT2D eigenvalue weighted by Crippen LogP contribution is 2.48. The molecule has 0 aromatic heterocycles. The van der Waals surface area contributed by atoms with Gasteiger partial charge in [-0.3, -0.25) is 0 Å². The van der Waals surface area contributed by atoms with E-state index in [-0.39, 0.29) is 17.6 Å². The predicted molar refractivity (Wildman–Crippen MR) is 131 cm³/mol. The number of nitrogens with two attached hydrogens (primary N) is 1. The number of hydrogen-bond acceptors (Lipinski definition) is 6. The van der Waals surface area contributed by atoms with Gasteiger partial charge in [0.2, 0.25) is 6.23 Å². The molecule has 192 valence electrons. The number of halogens is 2. The number of anilines is 1. The van der Waals surface area contributed by atoms with E-state index in [1.165, 1.54) is 0 Å². The molecule has 3 atom stereocenters. The lowest BCUT2D eigenvalue weighted by Gasteiger charge is -2.20. The number of epoxide rings is 1. The van der Waals surface area contributed by atoms with Crippen molar-refractivity contribution >= 4 is 15.6 Å². The van der Waals surface area contributed by atoms with E-state index < -0.39 is 34.6 Å². The Morgan fingerprint density at radius 2 is 1.94 bits per heavy atom. The van der Waals surface area contributed by atoms with Crippen molar-refractivity contribution in [3.63, 3.8) is 0 Å². The van der Waals surface area contributed by atoms with E-state index in [1.54, 1.807) is 51.1 Å². The van der Waals surface area contributed by atoms with Crippen LogP contribution in [0.15, 0.2) is 39.6 Å². The van der Waals surface area contributed by atoms with Crippen LogP contribution >= 0.6 is 0 Å². The zero-order chi connectivity index (χ0) is 25.7. The van der Waals surface area contributed by atoms with E-state index >= 15 is 0 Å². The molecule has 1 saturated carbocycles. The molecule has 1 aliphatic heterocycles. The van der Waals surface area contributed by atoms with Gasteiger partial charge in [0, 0.05) is 5.69 Å². The molecule has 0 bridgehead atoms. The summed E-state index contributed by atoms with van der Waals surface area (Å²) in [5.41, 5.74) is 2.89. The molecule has 4 rings (SSSR count). The summed E-state index contributed by atoms with van der Waals surface area (Å²) in [6.07, 6.45) is 0.692. The molecule has 1 heterocycles. The highest BCUT2D eigenvalue weighted by atomic mass is 32.2. The third-order valence-electron chi connectivity index (χ3n) is 6.25. The molecular weight excluding hydrogens is 476 g/mol. The SMILES string of the molecule is Cc1cc(C(C)(C)O)ccc1[S@@](N)(=O)=NC1OC1Nc1c(C(C)C)cc(OC(F)F)cc1C1CC1. The van der Waals surface area contributed by atoms with E-state index in [4.69, 9.17) is 14.6 Å². The largest absolute Gasteiger partial charge is 0.435 e. The molecule has 10 heteroatoms. The van der Waals surface area contributed by atoms with Crippen LogP contribution in [0.3, 0.4) is 0 Å². The van der Waals surface area contributed by atoms with Crippen LogP contribution in [-0.2, 0) is 20.3 Å². The minimum absolute atomic E-state index is 0.0426. The third kappa shape index (κ3) is 5.94. The van der Waals surface area contributed by atoms with E-state index in [1.807, 2.05) is 13.8 Å². The van der Waals surface area contributed by atoms with E-state index in [2.05, 4.69) is 9.68 Å². The highest BCUT2D eigenvalue weighted by Gasteiger charge is 2.42. The highest BCUT2D eigenvalue weighted by molar-refractivity contribution is 7.91. The van der Waals surface area contributed by atoms with Gasteiger partial charge in [0.25, 0.3) is 0 Å². The van der Waals surface area contributed by atoms with Gasteiger partial charge in [0.15, 0.2) is 6.23 Å². The van der Waals surface area contributed by atoms with Gasteiger partial charge in [-0.25, -0.2) is 9.35 Å². The average molecular weight is 510 g/mol. The second kappa shape index (κ2) is 9.31. The van der Waals surface area contributed by atoms with Crippen LogP contribution in [0.1, 0.15) is 74.6 Å². The Labute approximate surface area is 205 Å². The standard InChI is InChI=1S/C25H33F2N3O4S/c1-13(2)18-11-17(33-24(26)27)12-19(15-6-7-15)21(18)29-22-23(34-22)30-35(28,32)20-9-8-16(10-14(20)3)25(4,5)31/h8-13,15,22-24,29,31H,6-7H2,1-5H3,(H2,28,30,32)/t22?,23?,35-/m0/s1. The first kappa shape index (κ1) is 25.8. The summed E-state index contributed by atoms with van der Waals surface area (Å²) in [5.74, 6) is 0.450. The average Bonchev–Trinajstić information content (AvgIpc) is 3.64. The van der Waals surface area contributed by atoms with Crippen molar-refractivity contribution in [2.24, 2.45) is 9.50 Å². The molecule has 0 amide bonds. The van der Waals surface area contributed by atoms with Gasteiger partial charge in [-0.15, -0.1) is 0 Å². The van der Waals surface area contributed by atoms with Gasteiger partial charge in [-0.1, -0.05) is 26.0 Å². The lowest BCUT2D eigenvalue weighted by atomic mass is 9.95. The second-order valence-corrected chi connectivity index (χ2v) is 11.9. The van der Waals surface area contributed by atoms with Crippen molar-refractivity contribution in [1.29, 1.82) is 0 Å². The Morgan fingerprint density at radius 1 is 1.26 bits per heavy atom. The van der Waals surface area contributed by atoms with Crippen LogP contribution in [0.4, 0.5) is 14.5 Å². The number of ether oxygens (including phenoxy) is 2. The first-order chi connectivity index (χ1) is 16.3. The fraction of sp³-hybridized carbons (Fsp3) is 0.520. The number of nitrogens with zero attached hydrogens (tertiary/aromatic N) is 1. The molecule has 2 aromatic rings. The molecule has 4 N–H and O–H groups in total. The number of benzene rings is 2. The number of nitrogens with one attached hydrogen (secondary N) is 1. The predicted octanol–water partition coefficient (Wildman–Crippen LogP) is 5.32. The molecule has 2 aliphatic rings. The first-order valence-corrected chi connectivity index (χ1v) is 13.3. The van der Waals surface area contributed by atoms with Crippen LogP contribution in [0.25, 0.3) is 0 Å². The zero-order valence-corrected chi connectivity index (χ0v) is 21.4. The van der Waals surface area contributed by atoms with Crippen molar-refractivity contribution < 1.29 is 27.6 Å². The van der Waals surface area contributed by atoms with Gasteiger partial charge >= 0.3 is 6.61 Å². The molecule has 0 spiro atoms. The minimum Gasteiger partial charge on any atom is -0.435 e. The molecule has 1 saturated heterocycles. The third-order valence-corrected chi connectivity index (χ3v) is 7.86. The normalized spacial score (nSPS) is 21.7. The Morgan fingerprint density at radius 3 is 2.49 bits per heavy atom. The van der Waals surface area contributed by atoms with E-state index in [0.29, 0.717) is 16.0 Å². The van der Waals surface area contributed by atoms with Gasteiger partial charge in [0.05, 0.1) is 10.5 Å². The van der Waals surface area contributed by atoms with Crippen LogP contribution in [0.5, 0.6) is 5.75 Å². The molecule has 2 unspecified atom stereocenters. The Bertz CT molecular complexity index is 1210. The molecule has 7 nitrogen and oxygen atoms in total. The second-order valence-electron chi connectivity index (χ2n) is 10.1. The summed E-state index contributed by atoms with van der Waals surface area (Å²) < 4.78 is 53.6. The lowest BCUT2D eigenvalue weighted by molar-refractivity contribution is -0.0499. The van der Waals surface area contributed by atoms with Crippen LogP contribution in [0, 0.1) is 6.92 Å². The molecule has 2 aromatic carbocycles. The van der Waals surface area contributed by atoms with E-state index in [9.17, 15) is 18.1 Å². The zero-order valence-electron chi connectivity index (χ0n) is 20.5. The summed E-state index contributed by atoms with van der Waals surface area (Å²) in [6, 6.07) is 8.35. The topological polar surface area (TPSA) is 109 Å². The fourth-order valence-electron chi connectivity index (χ4n) is 4.17. The maximum Gasteiger partial charge on any atom is 0.387 e. The van der Waals surface area contributed by atoms with Crippen molar-refractivity contribution in [1.82, 2.24) is 0 Å². The van der Waals surface area contributed by atoms with Crippen molar-refractivity contribution in [3.05, 3.63) is 52.6 Å². The fourth-order valence-corrected chi connectivity index (χ4v) is 5.54. The molecule has 0 radical (unpaired) electrons. The Hall–Kier alpha value is -2.27. The van der Waals surface area contributed by atoms with Crippen LogP contribution in [0.2, 0.25) is 0 Å². The number of aryl methyl sites for hydroxylation is 1. The van der Waals surface area contributed by atoms with Crippen molar-refractivity contribution in [3.8, 4) is 5.75 Å². The first-order valence-electron chi connectivity index (χ1n) is 11.7. The number of alkyl halides is 2. The minimum atomic E-state index is -3.25. The Balaban J connectivity index is 1.59. The molecule has 35 heavy (non-hydrogen) atoms. The number of hydrogen-bond donors (Lipinski definition) is 3. The maximum atomic E-state index is 13.3. The summed E-state index contributed by atoms with van der Waals surface area (Å²) in [5, 5.41) is 19.7. The van der Waals surface area contributed by atoms with Crippen molar-refractivity contribution in [2.45, 2.75) is 88.9 Å². The van der Waals surface area contributed by atoms with Gasteiger partial charge in [0.1, 0.15) is 15.7 Å². The maximum absolute atomic E-state index is 13.3. The van der Waals surface area contributed by atoms with Crippen LogP contribution < -0.4 is 15.2 Å². The summed E-state index contributed by atoms with van der Waals surface area (Å²) >= 11 is 0. The molecule has 2 fully saturated rings. The molecule has 1 aliphatic carbocycles. The Kier molecular flexibility index (Phi) is 6.87. The number of rotatable bonds is 9.